The van der Waals surface area contributed by atoms with E-state index in [-0.39, 0.29) is 12.3 Å². The smallest absolute Gasteiger partial charge is 0.224 e. The molecular formula is C20H24N6O2. The third kappa shape index (κ3) is 4.64. The summed E-state index contributed by atoms with van der Waals surface area (Å²) >= 11 is 0. The topological polar surface area (TPSA) is 94.0 Å². The molecule has 2 N–H and O–H groups in total. The van der Waals surface area contributed by atoms with Crippen LogP contribution in [0.1, 0.15) is 17.0 Å². The highest BCUT2D eigenvalue weighted by molar-refractivity contribution is 5.79. The summed E-state index contributed by atoms with van der Waals surface area (Å²) < 4.78 is 7.19. The summed E-state index contributed by atoms with van der Waals surface area (Å²) in [6.45, 7) is 4.99. The Morgan fingerprint density at radius 3 is 2.71 bits per heavy atom. The molecule has 2 heterocycles. The molecule has 0 aliphatic rings. The Hall–Kier alpha value is -3.42. The van der Waals surface area contributed by atoms with Crippen molar-refractivity contribution >= 4 is 11.7 Å². The molecule has 8 heteroatoms. The molecule has 2 aromatic heterocycles. The van der Waals surface area contributed by atoms with Crippen LogP contribution < -0.4 is 15.4 Å². The number of carbonyl (C=O) groups is 1. The zero-order chi connectivity index (χ0) is 19.9. The monoisotopic (exact) mass is 380 g/mol. The van der Waals surface area contributed by atoms with Gasteiger partial charge in [0.05, 0.1) is 19.2 Å². The quantitative estimate of drug-likeness (QED) is 0.581. The van der Waals surface area contributed by atoms with Gasteiger partial charge < -0.3 is 15.4 Å². The first kappa shape index (κ1) is 19.3. The number of methoxy groups -OCH3 is 1. The molecule has 0 saturated carbocycles. The van der Waals surface area contributed by atoms with E-state index in [2.05, 4.69) is 25.6 Å². The largest absolute Gasteiger partial charge is 0.496 e. The lowest BCUT2D eigenvalue weighted by atomic mass is 10.1. The molecule has 0 aliphatic heterocycles. The van der Waals surface area contributed by atoms with Crippen LogP contribution >= 0.6 is 0 Å². The summed E-state index contributed by atoms with van der Waals surface area (Å²) in [7, 11) is 1.60. The Morgan fingerprint density at radius 2 is 1.96 bits per heavy atom. The molecular weight excluding hydrogens is 356 g/mol. The molecule has 0 saturated heterocycles. The van der Waals surface area contributed by atoms with Crippen LogP contribution in [0.4, 0.5) is 5.82 Å². The van der Waals surface area contributed by atoms with Crippen molar-refractivity contribution in [2.24, 2.45) is 0 Å². The Balaban J connectivity index is 1.49. The first-order chi connectivity index (χ1) is 13.6. The number of anilines is 1. The molecule has 0 bridgehead atoms. The summed E-state index contributed by atoms with van der Waals surface area (Å²) in [5.74, 6) is 2.10. The number of carbonyl (C=O) groups excluding carboxylic acids is 1. The number of benzene rings is 1. The zero-order valence-corrected chi connectivity index (χ0v) is 16.3. The Morgan fingerprint density at radius 1 is 1.14 bits per heavy atom. The molecule has 3 rings (SSSR count). The molecule has 1 amide bonds. The minimum Gasteiger partial charge on any atom is -0.496 e. The second kappa shape index (κ2) is 8.98. The second-order valence-electron chi connectivity index (χ2n) is 6.31. The van der Waals surface area contributed by atoms with E-state index in [9.17, 15) is 4.79 Å². The molecule has 28 heavy (non-hydrogen) atoms. The lowest BCUT2D eigenvalue weighted by molar-refractivity contribution is -0.120. The van der Waals surface area contributed by atoms with Crippen molar-refractivity contribution in [2.45, 2.75) is 20.3 Å². The highest BCUT2D eigenvalue weighted by Gasteiger charge is 2.08. The van der Waals surface area contributed by atoms with Gasteiger partial charge in [0.25, 0.3) is 0 Å². The van der Waals surface area contributed by atoms with Crippen LogP contribution in [-0.2, 0) is 11.2 Å². The molecule has 0 spiro atoms. The summed E-state index contributed by atoms with van der Waals surface area (Å²) in [5, 5.41) is 6.09. The van der Waals surface area contributed by atoms with Crippen molar-refractivity contribution in [3.05, 3.63) is 59.9 Å². The normalized spacial score (nSPS) is 10.5. The molecule has 0 fully saturated rings. The van der Waals surface area contributed by atoms with Gasteiger partial charge in [-0.1, -0.05) is 18.2 Å². The Labute approximate surface area is 164 Å². The standard InChI is InChI=1S/C20H24N6O2/c1-14-15(2)26(13-25-14)19-11-18(23-12-24-19)21-8-9-22-20(27)10-16-6-4-5-7-17(16)28-3/h4-7,11-13H,8-10H2,1-3H3,(H,22,27)(H,21,23,24). The number of nitrogens with zero attached hydrogens (tertiary/aromatic N) is 4. The number of hydrogen-bond acceptors (Lipinski definition) is 6. The maximum absolute atomic E-state index is 12.1. The molecule has 0 aliphatic carbocycles. The van der Waals surface area contributed by atoms with E-state index in [1.165, 1.54) is 6.33 Å². The highest BCUT2D eigenvalue weighted by Crippen LogP contribution is 2.17. The van der Waals surface area contributed by atoms with Crippen LogP contribution in [0.5, 0.6) is 5.75 Å². The summed E-state index contributed by atoms with van der Waals surface area (Å²) in [6.07, 6.45) is 3.53. The van der Waals surface area contributed by atoms with E-state index in [1.54, 1.807) is 13.4 Å². The summed E-state index contributed by atoms with van der Waals surface area (Å²) in [6, 6.07) is 9.36. The third-order valence-corrected chi connectivity index (χ3v) is 4.45. The number of para-hydroxylation sites is 1. The molecule has 146 valence electrons. The molecule has 0 unspecified atom stereocenters. The number of imidazole rings is 1. The maximum Gasteiger partial charge on any atom is 0.224 e. The van der Waals surface area contributed by atoms with Crippen LogP contribution in [0.25, 0.3) is 5.82 Å². The number of amides is 1. The van der Waals surface area contributed by atoms with Crippen LogP contribution in [0.3, 0.4) is 0 Å². The Kier molecular flexibility index (Phi) is 6.21. The minimum absolute atomic E-state index is 0.0563. The SMILES string of the molecule is COc1ccccc1CC(=O)NCCNc1cc(-n2cnc(C)c2C)ncn1. The van der Waals surface area contributed by atoms with Crippen molar-refractivity contribution in [1.29, 1.82) is 0 Å². The first-order valence-corrected chi connectivity index (χ1v) is 9.04. The van der Waals surface area contributed by atoms with Gasteiger partial charge in [0.1, 0.15) is 30.0 Å². The van der Waals surface area contributed by atoms with Crippen molar-refractivity contribution in [2.75, 3.05) is 25.5 Å². The summed E-state index contributed by atoms with van der Waals surface area (Å²) in [5.41, 5.74) is 2.86. The number of aryl methyl sites for hydroxylation is 1. The predicted molar refractivity (Wildman–Crippen MR) is 107 cm³/mol. The fourth-order valence-electron chi connectivity index (χ4n) is 2.78. The number of aromatic nitrogens is 4. The van der Waals surface area contributed by atoms with Crippen molar-refractivity contribution in [3.63, 3.8) is 0 Å². The zero-order valence-electron chi connectivity index (χ0n) is 16.3. The van der Waals surface area contributed by atoms with Gasteiger partial charge in [-0.3, -0.25) is 9.36 Å². The van der Waals surface area contributed by atoms with Gasteiger partial charge in [-0.25, -0.2) is 15.0 Å². The average molecular weight is 380 g/mol. The second-order valence-corrected chi connectivity index (χ2v) is 6.31. The van der Waals surface area contributed by atoms with Gasteiger partial charge in [0.15, 0.2) is 0 Å². The van der Waals surface area contributed by atoms with Gasteiger partial charge in [-0.15, -0.1) is 0 Å². The number of nitrogens with one attached hydrogen (secondary N) is 2. The molecule has 0 radical (unpaired) electrons. The predicted octanol–water partition coefficient (Wildman–Crippen LogP) is 2.06. The third-order valence-electron chi connectivity index (χ3n) is 4.45. The van der Waals surface area contributed by atoms with Gasteiger partial charge >= 0.3 is 0 Å². The number of rotatable bonds is 8. The number of hydrogen-bond donors (Lipinski definition) is 2. The van der Waals surface area contributed by atoms with Crippen LogP contribution in [-0.4, -0.2) is 45.6 Å². The van der Waals surface area contributed by atoms with E-state index >= 15 is 0 Å². The van der Waals surface area contributed by atoms with Crippen LogP contribution in [0, 0.1) is 13.8 Å². The lowest BCUT2D eigenvalue weighted by Gasteiger charge is -2.10. The van der Waals surface area contributed by atoms with E-state index in [1.807, 2.05) is 48.7 Å². The highest BCUT2D eigenvalue weighted by atomic mass is 16.5. The molecule has 0 atom stereocenters. The van der Waals surface area contributed by atoms with Gasteiger partial charge in [-0.2, -0.15) is 0 Å². The van der Waals surface area contributed by atoms with Crippen molar-refractivity contribution in [3.8, 4) is 11.6 Å². The van der Waals surface area contributed by atoms with E-state index in [0.717, 1.165) is 22.8 Å². The minimum atomic E-state index is -0.0563. The molecule has 3 aromatic rings. The van der Waals surface area contributed by atoms with E-state index < -0.39 is 0 Å². The fourth-order valence-corrected chi connectivity index (χ4v) is 2.78. The molecule has 8 nitrogen and oxygen atoms in total. The average Bonchev–Trinajstić information content (AvgIpc) is 3.04. The summed E-state index contributed by atoms with van der Waals surface area (Å²) in [4.78, 5) is 24.9. The lowest BCUT2D eigenvalue weighted by Crippen LogP contribution is -2.30. The maximum atomic E-state index is 12.1. The van der Waals surface area contributed by atoms with E-state index in [0.29, 0.717) is 24.7 Å². The van der Waals surface area contributed by atoms with Gasteiger partial charge in [-0.05, 0) is 19.9 Å². The first-order valence-electron chi connectivity index (χ1n) is 9.04. The van der Waals surface area contributed by atoms with Crippen LogP contribution in [0.2, 0.25) is 0 Å². The van der Waals surface area contributed by atoms with Crippen molar-refractivity contribution in [1.82, 2.24) is 24.8 Å². The van der Waals surface area contributed by atoms with Gasteiger partial charge in [0.2, 0.25) is 5.91 Å². The fraction of sp³-hybridized carbons (Fsp3) is 0.300. The van der Waals surface area contributed by atoms with Gasteiger partial charge in [0, 0.05) is 30.4 Å². The molecule has 1 aromatic carbocycles. The van der Waals surface area contributed by atoms with E-state index in [4.69, 9.17) is 4.74 Å². The Bertz CT molecular complexity index is 953. The van der Waals surface area contributed by atoms with Crippen molar-refractivity contribution < 1.29 is 9.53 Å². The number of ether oxygens (including phenoxy) is 1. The van der Waals surface area contributed by atoms with Crippen LogP contribution in [0.15, 0.2) is 43.0 Å².